The van der Waals surface area contributed by atoms with Gasteiger partial charge in [0.1, 0.15) is 11.3 Å². The number of benzene rings is 2. The van der Waals surface area contributed by atoms with Gasteiger partial charge in [0, 0.05) is 24.1 Å². The topological polar surface area (TPSA) is 92.1 Å². The molecule has 2 atom stereocenters. The zero-order chi connectivity index (χ0) is 20.3. The minimum Gasteiger partial charge on any atom is -0.507 e. The molecule has 2 aromatic carbocycles. The predicted octanol–water partition coefficient (Wildman–Crippen LogP) is 3.56. The van der Waals surface area contributed by atoms with Crippen LogP contribution in [-0.2, 0) is 0 Å². The fraction of sp³-hybridized carbons (Fsp3) is 0.273. The normalized spacial score (nSPS) is 13.9. The molecule has 0 amide bonds. The molecule has 6 nitrogen and oxygen atoms in total. The summed E-state index contributed by atoms with van der Waals surface area (Å²) in [5, 5.41) is 15.5. The van der Waals surface area contributed by atoms with Crippen molar-refractivity contribution in [1.29, 1.82) is 0 Å². The molecule has 0 saturated carbocycles. The fourth-order valence-electron chi connectivity index (χ4n) is 3.65. The van der Waals surface area contributed by atoms with Gasteiger partial charge in [0.2, 0.25) is 0 Å². The highest BCUT2D eigenvalue weighted by Gasteiger charge is 2.33. The van der Waals surface area contributed by atoms with Crippen LogP contribution in [0.5, 0.6) is 5.75 Å². The minimum absolute atomic E-state index is 0. The summed E-state index contributed by atoms with van der Waals surface area (Å²) in [5.41, 5.74) is 1.59. The van der Waals surface area contributed by atoms with E-state index in [2.05, 4.69) is 5.10 Å². The predicted molar refractivity (Wildman–Crippen MR) is 119 cm³/mol. The lowest BCUT2D eigenvalue weighted by Crippen LogP contribution is -2.34. The first kappa shape index (κ1) is 22.5. The van der Waals surface area contributed by atoms with E-state index in [0.717, 1.165) is 5.56 Å². The van der Waals surface area contributed by atoms with Gasteiger partial charge < -0.3 is 20.3 Å². The van der Waals surface area contributed by atoms with Gasteiger partial charge in [-0.05, 0) is 38.7 Å². The summed E-state index contributed by atoms with van der Waals surface area (Å²) in [6.45, 7) is 2.43. The summed E-state index contributed by atoms with van der Waals surface area (Å²) in [7, 11) is 3.89. The molecule has 0 aliphatic rings. The molecule has 0 saturated heterocycles. The average molecular weight is 416 g/mol. The van der Waals surface area contributed by atoms with E-state index in [4.69, 9.17) is 10.3 Å². The lowest BCUT2D eigenvalue weighted by atomic mass is 9.78. The van der Waals surface area contributed by atoms with E-state index in [-0.39, 0.29) is 29.6 Å². The molecule has 2 unspecified atom stereocenters. The number of aromatic hydroxyl groups is 1. The van der Waals surface area contributed by atoms with E-state index in [1.807, 2.05) is 56.3 Å². The van der Waals surface area contributed by atoms with Crippen LogP contribution in [0.15, 0.2) is 68.9 Å². The first-order chi connectivity index (χ1) is 13.4. The number of fused-ring (bicyclic) bond motifs is 1. The molecule has 0 fully saturated rings. The molecule has 154 valence electrons. The summed E-state index contributed by atoms with van der Waals surface area (Å²) >= 11 is 0. The number of halogens is 1. The van der Waals surface area contributed by atoms with Crippen LogP contribution in [0, 0.1) is 5.92 Å². The van der Waals surface area contributed by atoms with Crippen molar-refractivity contribution >= 4 is 29.1 Å². The smallest absolute Gasteiger partial charge is 0.343 e. The van der Waals surface area contributed by atoms with Crippen LogP contribution in [0.25, 0.3) is 11.0 Å². The second-order valence-corrected chi connectivity index (χ2v) is 7.18. The molecule has 0 radical (unpaired) electrons. The van der Waals surface area contributed by atoms with Gasteiger partial charge in [0.15, 0.2) is 0 Å². The maximum atomic E-state index is 13.0. The van der Waals surface area contributed by atoms with Crippen LogP contribution >= 0.6 is 12.4 Å². The molecule has 1 heterocycles. The number of hydrogen-bond acceptors (Lipinski definition) is 6. The van der Waals surface area contributed by atoms with Gasteiger partial charge in [0.05, 0.1) is 10.9 Å². The highest BCUT2D eigenvalue weighted by atomic mass is 35.5. The number of nitrogens with zero attached hydrogens (tertiary/aromatic N) is 2. The van der Waals surface area contributed by atoms with Gasteiger partial charge in [0.25, 0.3) is 0 Å². The van der Waals surface area contributed by atoms with Crippen LogP contribution in [0.2, 0.25) is 0 Å². The van der Waals surface area contributed by atoms with Crippen molar-refractivity contribution in [2.24, 2.45) is 16.9 Å². The standard InChI is InChI=1S/C22H25N3O3.ClH/c1-14(24-23)17(13-25(2)3)19(15-9-5-4-6-10-15)20-21(26)16-11-7-8-12-18(16)28-22(20)27;/h4-12,17,19,26H,13,23H2,1-3H3;1H/b24-14+;. The van der Waals surface area contributed by atoms with Crippen molar-refractivity contribution in [3.63, 3.8) is 0 Å². The third-order valence-electron chi connectivity index (χ3n) is 4.99. The quantitative estimate of drug-likeness (QED) is 0.278. The molecule has 0 bridgehead atoms. The van der Waals surface area contributed by atoms with Gasteiger partial charge in [-0.25, -0.2) is 4.79 Å². The Morgan fingerprint density at radius 3 is 2.38 bits per heavy atom. The van der Waals surface area contributed by atoms with Gasteiger partial charge in [-0.15, -0.1) is 12.4 Å². The van der Waals surface area contributed by atoms with E-state index in [1.54, 1.807) is 24.3 Å². The maximum Gasteiger partial charge on any atom is 0.343 e. The molecule has 0 aliphatic carbocycles. The van der Waals surface area contributed by atoms with Gasteiger partial charge in [-0.3, -0.25) is 0 Å². The largest absolute Gasteiger partial charge is 0.507 e. The summed E-state index contributed by atoms with van der Waals surface area (Å²) in [6, 6.07) is 16.6. The van der Waals surface area contributed by atoms with Crippen molar-refractivity contribution in [3.05, 3.63) is 76.1 Å². The van der Waals surface area contributed by atoms with Crippen LogP contribution in [0.3, 0.4) is 0 Å². The van der Waals surface area contributed by atoms with Gasteiger partial charge in [-0.2, -0.15) is 5.10 Å². The van der Waals surface area contributed by atoms with E-state index in [0.29, 0.717) is 23.2 Å². The van der Waals surface area contributed by atoms with Crippen molar-refractivity contribution in [2.75, 3.05) is 20.6 Å². The van der Waals surface area contributed by atoms with Gasteiger partial charge in [-0.1, -0.05) is 42.5 Å². The molecule has 3 aromatic rings. The number of para-hydroxylation sites is 1. The number of hydrazone groups is 1. The average Bonchev–Trinajstić information content (AvgIpc) is 2.69. The van der Waals surface area contributed by atoms with Crippen molar-refractivity contribution in [1.82, 2.24) is 4.90 Å². The Bertz CT molecular complexity index is 1050. The second kappa shape index (κ2) is 9.58. The lowest BCUT2D eigenvalue weighted by Gasteiger charge is -2.30. The number of rotatable bonds is 6. The van der Waals surface area contributed by atoms with Crippen molar-refractivity contribution in [2.45, 2.75) is 12.8 Å². The van der Waals surface area contributed by atoms with Crippen LogP contribution in [0.4, 0.5) is 0 Å². The third kappa shape index (κ3) is 4.60. The Balaban J connectivity index is 0.00000300. The Morgan fingerprint density at radius 1 is 1.14 bits per heavy atom. The maximum absolute atomic E-state index is 13.0. The first-order valence-corrected chi connectivity index (χ1v) is 9.12. The molecule has 1 aromatic heterocycles. The monoisotopic (exact) mass is 415 g/mol. The Labute approximate surface area is 176 Å². The lowest BCUT2D eigenvalue weighted by molar-refractivity contribution is 0.346. The molecule has 29 heavy (non-hydrogen) atoms. The summed E-state index contributed by atoms with van der Waals surface area (Å²) in [5.74, 6) is 4.87. The Kier molecular flexibility index (Phi) is 7.42. The Morgan fingerprint density at radius 2 is 1.76 bits per heavy atom. The van der Waals surface area contributed by atoms with E-state index >= 15 is 0 Å². The molecule has 0 aliphatic heterocycles. The van der Waals surface area contributed by atoms with E-state index < -0.39 is 11.5 Å². The molecule has 3 N–H and O–H groups in total. The number of hydrogen-bond donors (Lipinski definition) is 2. The third-order valence-corrected chi connectivity index (χ3v) is 4.99. The SMILES string of the molecule is C/C(=N\N)C(CN(C)C)C(c1ccccc1)c1c(O)c2ccccc2oc1=O.Cl. The summed E-state index contributed by atoms with van der Waals surface area (Å²) in [4.78, 5) is 15.0. The zero-order valence-corrected chi connectivity index (χ0v) is 17.5. The van der Waals surface area contributed by atoms with E-state index in [1.165, 1.54) is 0 Å². The highest BCUT2D eigenvalue weighted by molar-refractivity contribution is 5.88. The second-order valence-electron chi connectivity index (χ2n) is 7.18. The molecule has 7 heteroatoms. The van der Waals surface area contributed by atoms with Gasteiger partial charge >= 0.3 is 5.63 Å². The molecule has 3 rings (SSSR count). The minimum atomic E-state index is -0.557. The van der Waals surface area contributed by atoms with Crippen molar-refractivity contribution in [3.8, 4) is 5.75 Å². The zero-order valence-electron chi connectivity index (χ0n) is 16.7. The Hall–Kier alpha value is -2.83. The highest BCUT2D eigenvalue weighted by Crippen LogP contribution is 2.39. The van der Waals surface area contributed by atoms with Crippen LogP contribution < -0.4 is 11.5 Å². The van der Waals surface area contributed by atoms with Crippen molar-refractivity contribution < 1.29 is 9.52 Å². The first-order valence-electron chi connectivity index (χ1n) is 9.12. The molecular weight excluding hydrogens is 390 g/mol. The number of nitrogens with two attached hydrogens (primary N) is 1. The molecule has 0 spiro atoms. The van der Waals surface area contributed by atoms with E-state index in [9.17, 15) is 9.90 Å². The molecular formula is C22H26ClN3O3. The van der Waals surface area contributed by atoms with Crippen LogP contribution in [-0.4, -0.2) is 36.4 Å². The fourth-order valence-corrected chi connectivity index (χ4v) is 3.65. The summed E-state index contributed by atoms with van der Waals surface area (Å²) < 4.78 is 5.54. The van der Waals surface area contributed by atoms with Crippen LogP contribution in [0.1, 0.15) is 24.0 Å². The summed E-state index contributed by atoms with van der Waals surface area (Å²) in [6.07, 6.45) is 0.